The molecule has 0 atom stereocenters. The van der Waals surface area contributed by atoms with Gasteiger partial charge in [-0.15, -0.1) is 0 Å². The Balaban J connectivity index is 1.73. The summed E-state index contributed by atoms with van der Waals surface area (Å²) < 4.78 is 13.4. The Kier molecular flexibility index (Phi) is 3.72. The highest BCUT2D eigenvalue weighted by atomic mass is 16.5. The van der Waals surface area contributed by atoms with E-state index in [4.69, 9.17) is 14.5 Å². The minimum Gasteiger partial charge on any atom is -0.378 e. The molecule has 2 saturated heterocycles. The van der Waals surface area contributed by atoms with Gasteiger partial charge in [0.25, 0.3) is 0 Å². The minimum absolute atomic E-state index is 0.762. The van der Waals surface area contributed by atoms with Crippen LogP contribution in [0.5, 0.6) is 0 Å². The second-order valence-electron chi connectivity index (χ2n) is 6.54. The van der Waals surface area contributed by atoms with Crippen molar-refractivity contribution in [1.82, 2.24) is 9.38 Å². The summed E-state index contributed by atoms with van der Waals surface area (Å²) in [4.78, 5) is 9.74. The van der Waals surface area contributed by atoms with E-state index >= 15 is 0 Å². The van der Waals surface area contributed by atoms with E-state index in [1.807, 2.05) is 0 Å². The lowest BCUT2D eigenvalue weighted by molar-refractivity contribution is 0.122. The first-order valence-electron chi connectivity index (χ1n) is 8.97. The summed E-state index contributed by atoms with van der Waals surface area (Å²) in [5.41, 5.74) is 3.35. The van der Waals surface area contributed by atoms with Crippen molar-refractivity contribution in [3.63, 3.8) is 0 Å². The van der Waals surface area contributed by atoms with Crippen LogP contribution in [-0.2, 0) is 9.47 Å². The summed E-state index contributed by atoms with van der Waals surface area (Å²) in [6.45, 7) is 6.72. The Morgan fingerprint density at radius 2 is 1.40 bits per heavy atom. The topological polar surface area (TPSA) is 42.2 Å². The summed E-state index contributed by atoms with van der Waals surface area (Å²) in [5, 5.41) is 0. The third-order valence-corrected chi connectivity index (χ3v) is 5.08. The number of hydrogen-bond acceptors (Lipinski definition) is 5. The predicted molar refractivity (Wildman–Crippen MR) is 98.8 cm³/mol. The highest BCUT2D eigenvalue weighted by molar-refractivity contribution is 5.87. The smallest absolute Gasteiger partial charge is 0.153 e. The molecule has 2 aromatic heterocycles. The number of morpholine rings is 2. The van der Waals surface area contributed by atoms with Gasteiger partial charge in [-0.3, -0.25) is 4.40 Å². The van der Waals surface area contributed by atoms with Gasteiger partial charge in [0.2, 0.25) is 0 Å². The molecule has 2 aliphatic heterocycles. The van der Waals surface area contributed by atoms with Crippen molar-refractivity contribution in [1.29, 1.82) is 0 Å². The Bertz CT molecular complexity index is 895. The molecule has 0 radical (unpaired) electrons. The quantitative estimate of drug-likeness (QED) is 0.716. The maximum Gasteiger partial charge on any atom is 0.153 e. The summed E-state index contributed by atoms with van der Waals surface area (Å²) in [7, 11) is 0. The zero-order valence-electron chi connectivity index (χ0n) is 14.2. The van der Waals surface area contributed by atoms with Crippen LogP contribution in [0.1, 0.15) is 0 Å². The second kappa shape index (κ2) is 6.20. The third kappa shape index (κ3) is 2.53. The molecule has 6 heteroatoms. The van der Waals surface area contributed by atoms with Crippen LogP contribution in [0, 0.1) is 0 Å². The number of fused-ring (bicyclic) bond motifs is 3. The van der Waals surface area contributed by atoms with Crippen molar-refractivity contribution in [3.05, 3.63) is 36.4 Å². The molecule has 130 valence electrons. The van der Waals surface area contributed by atoms with E-state index in [1.165, 1.54) is 11.3 Å². The molecule has 1 aromatic carbocycles. The SMILES string of the molecule is c1ccc2c(c1)nc(N1CCOCC1)c1ccc(N3CCOCC3)n12. The molecule has 3 aromatic rings. The Labute approximate surface area is 146 Å². The number of nitrogens with zero attached hydrogens (tertiary/aromatic N) is 4. The van der Waals surface area contributed by atoms with Gasteiger partial charge in [-0.05, 0) is 24.3 Å². The number of aromatic nitrogens is 2. The number of ether oxygens (including phenoxy) is 2. The van der Waals surface area contributed by atoms with Crippen LogP contribution in [0.4, 0.5) is 11.6 Å². The van der Waals surface area contributed by atoms with Crippen molar-refractivity contribution >= 4 is 28.2 Å². The molecule has 5 rings (SSSR count). The van der Waals surface area contributed by atoms with Crippen molar-refractivity contribution in [2.75, 3.05) is 62.4 Å². The average molecular weight is 338 g/mol. The van der Waals surface area contributed by atoms with Gasteiger partial charge in [-0.2, -0.15) is 0 Å². The molecule has 0 saturated carbocycles. The van der Waals surface area contributed by atoms with E-state index in [1.54, 1.807) is 0 Å². The molecular weight excluding hydrogens is 316 g/mol. The molecule has 0 amide bonds. The van der Waals surface area contributed by atoms with Crippen molar-refractivity contribution in [3.8, 4) is 0 Å². The van der Waals surface area contributed by atoms with E-state index in [-0.39, 0.29) is 0 Å². The number of rotatable bonds is 2. The second-order valence-corrected chi connectivity index (χ2v) is 6.54. The monoisotopic (exact) mass is 338 g/mol. The number of benzene rings is 1. The normalized spacial score (nSPS) is 19.0. The molecule has 0 spiro atoms. The van der Waals surface area contributed by atoms with E-state index in [0.717, 1.165) is 69.5 Å². The van der Waals surface area contributed by atoms with Crippen molar-refractivity contribution in [2.24, 2.45) is 0 Å². The van der Waals surface area contributed by atoms with Gasteiger partial charge in [0, 0.05) is 26.2 Å². The highest BCUT2D eigenvalue weighted by Crippen LogP contribution is 2.31. The van der Waals surface area contributed by atoms with Crippen LogP contribution >= 0.6 is 0 Å². The van der Waals surface area contributed by atoms with E-state index in [9.17, 15) is 0 Å². The summed E-state index contributed by atoms with van der Waals surface area (Å²) >= 11 is 0. The lowest BCUT2D eigenvalue weighted by Gasteiger charge is -2.30. The van der Waals surface area contributed by atoms with Gasteiger partial charge >= 0.3 is 0 Å². The van der Waals surface area contributed by atoms with Crippen LogP contribution in [0.25, 0.3) is 16.6 Å². The average Bonchev–Trinajstić information content (AvgIpc) is 3.14. The Morgan fingerprint density at radius 1 is 0.720 bits per heavy atom. The first-order chi connectivity index (χ1) is 12.4. The number of anilines is 2. The van der Waals surface area contributed by atoms with Crippen LogP contribution in [-0.4, -0.2) is 62.0 Å². The lowest BCUT2D eigenvalue weighted by atomic mass is 10.2. The van der Waals surface area contributed by atoms with E-state index in [2.05, 4.69) is 50.6 Å². The van der Waals surface area contributed by atoms with E-state index < -0.39 is 0 Å². The van der Waals surface area contributed by atoms with E-state index in [0.29, 0.717) is 0 Å². The molecule has 6 nitrogen and oxygen atoms in total. The molecule has 0 unspecified atom stereocenters. The van der Waals surface area contributed by atoms with Gasteiger partial charge in [0.15, 0.2) is 5.82 Å². The molecular formula is C19H22N4O2. The van der Waals surface area contributed by atoms with Gasteiger partial charge < -0.3 is 19.3 Å². The molecule has 2 aliphatic rings. The standard InChI is InChI=1S/C19H22N4O2/c1-2-4-16-15(3-1)20-19(22-9-13-25-14-10-22)17-5-6-18(23(16)17)21-7-11-24-12-8-21/h1-6H,7-14H2. The number of hydrogen-bond donors (Lipinski definition) is 0. The zero-order chi connectivity index (χ0) is 16.6. The highest BCUT2D eigenvalue weighted by Gasteiger charge is 2.21. The predicted octanol–water partition coefficient (Wildman–Crippen LogP) is 2.16. The first kappa shape index (κ1) is 15.0. The minimum atomic E-state index is 0.762. The Morgan fingerprint density at radius 3 is 2.16 bits per heavy atom. The summed E-state index contributed by atoms with van der Waals surface area (Å²) in [6.07, 6.45) is 0. The third-order valence-electron chi connectivity index (χ3n) is 5.08. The fourth-order valence-corrected chi connectivity index (χ4v) is 3.82. The van der Waals surface area contributed by atoms with Gasteiger partial charge in [-0.1, -0.05) is 12.1 Å². The molecule has 0 N–H and O–H groups in total. The molecule has 0 aliphatic carbocycles. The number of para-hydroxylation sites is 2. The summed E-state index contributed by atoms with van der Waals surface area (Å²) in [6, 6.07) is 12.8. The fraction of sp³-hybridized carbons (Fsp3) is 0.421. The fourth-order valence-electron chi connectivity index (χ4n) is 3.82. The van der Waals surface area contributed by atoms with Gasteiger partial charge in [0.05, 0.1) is 43.0 Å². The first-order valence-corrected chi connectivity index (χ1v) is 8.97. The summed E-state index contributed by atoms with van der Waals surface area (Å²) in [5.74, 6) is 2.29. The Hall–Kier alpha value is -2.31. The lowest BCUT2D eigenvalue weighted by Crippen LogP contribution is -2.38. The van der Waals surface area contributed by atoms with Gasteiger partial charge in [0.1, 0.15) is 5.82 Å². The van der Waals surface area contributed by atoms with Crippen molar-refractivity contribution < 1.29 is 9.47 Å². The van der Waals surface area contributed by atoms with Crippen molar-refractivity contribution in [2.45, 2.75) is 0 Å². The largest absolute Gasteiger partial charge is 0.378 e. The van der Waals surface area contributed by atoms with Crippen LogP contribution < -0.4 is 9.80 Å². The molecule has 0 bridgehead atoms. The molecule has 4 heterocycles. The maximum absolute atomic E-state index is 5.53. The van der Waals surface area contributed by atoms with Gasteiger partial charge in [-0.25, -0.2) is 4.98 Å². The van der Waals surface area contributed by atoms with Crippen LogP contribution in [0.2, 0.25) is 0 Å². The van der Waals surface area contributed by atoms with Crippen LogP contribution in [0.15, 0.2) is 36.4 Å². The van der Waals surface area contributed by atoms with Crippen LogP contribution in [0.3, 0.4) is 0 Å². The molecule has 2 fully saturated rings. The zero-order valence-corrected chi connectivity index (χ0v) is 14.2. The molecule has 25 heavy (non-hydrogen) atoms. The maximum atomic E-state index is 5.53.